The van der Waals surface area contributed by atoms with Crippen molar-refractivity contribution in [1.29, 1.82) is 0 Å². The third-order valence-electron chi connectivity index (χ3n) is 12.5. The SMILES string of the molecule is Cc1c2ccccc2c(-c2ccc3cc(-c4c5ccccc5c(-c5cccc(-c6nc7ccccc7n6-c6ccccc6)c5)c5ccccc45)ccc3c2)c2ccccc12. The molecule has 0 aliphatic rings. The highest BCUT2D eigenvalue weighted by Crippen LogP contribution is 2.46. The molecular weight excluding hydrogens is 725 g/mol. The van der Waals surface area contributed by atoms with Gasteiger partial charge in [-0.3, -0.25) is 4.57 Å². The number of hydrogen-bond donors (Lipinski definition) is 0. The van der Waals surface area contributed by atoms with E-state index in [0.717, 1.165) is 28.1 Å². The van der Waals surface area contributed by atoms with Crippen molar-refractivity contribution in [3.8, 4) is 50.5 Å². The van der Waals surface area contributed by atoms with E-state index in [9.17, 15) is 0 Å². The zero-order valence-electron chi connectivity index (χ0n) is 33.1. The number of aryl methyl sites for hydroxylation is 1. The van der Waals surface area contributed by atoms with Gasteiger partial charge in [0, 0.05) is 11.3 Å². The highest BCUT2D eigenvalue weighted by Gasteiger charge is 2.20. The average Bonchev–Trinajstić information content (AvgIpc) is 3.71. The van der Waals surface area contributed by atoms with E-state index in [1.54, 1.807) is 0 Å². The largest absolute Gasteiger partial charge is 0.292 e. The van der Waals surface area contributed by atoms with E-state index in [1.807, 2.05) is 0 Å². The Labute approximate surface area is 348 Å². The number of aromatic nitrogens is 2. The van der Waals surface area contributed by atoms with Crippen LogP contribution in [0.2, 0.25) is 0 Å². The molecule has 280 valence electrons. The highest BCUT2D eigenvalue weighted by atomic mass is 15.1. The first-order valence-corrected chi connectivity index (χ1v) is 20.7. The Bertz CT molecular complexity index is 3550. The van der Waals surface area contributed by atoms with Crippen molar-refractivity contribution in [2.75, 3.05) is 0 Å². The smallest absolute Gasteiger partial charge is 0.145 e. The van der Waals surface area contributed by atoms with Crippen molar-refractivity contribution in [1.82, 2.24) is 9.55 Å². The first-order valence-electron chi connectivity index (χ1n) is 20.7. The van der Waals surface area contributed by atoms with Crippen LogP contribution in [0.4, 0.5) is 0 Å². The molecule has 0 radical (unpaired) electrons. The van der Waals surface area contributed by atoms with Crippen LogP contribution in [0, 0.1) is 6.92 Å². The average molecular weight is 763 g/mol. The molecule has 0 aliphatic carbocycles. The van der Waals surface area contributed by atoms with Gasteiger partial charge in [-0.1, -0.05) is 170 Å². The van der Waals surface area contributed by atoms with Gasteiger partial charge in [0.15, 0.2) is 0 Å². The molecule has 12 rings (SSSR count). The van der Waals surface area contributed by atoms with Gasteiger partial charge in [0.25, 0.3) is 0 Å². The maximum absolute atomic E-state index is 5.21. The maximum Gasteiger partial charge on any atom is 0.145 e. The molecule has 0 spiro atoms. The second kappa shape index (κ2) is 13.7. The third kappa shape index (κ3) is 5.31. The number of rotatable bonds is 5. The molecule has 0 unspecified atom stereocenters. The molecule has 2 heteroatoms. The quantitative estimate of drug-likeness (QED) is 0.160. The fourth-order valence-electron chi connectivity index (χ4n) is 9.84. The van der Waals surface area contributed by atoms with Gasteiger partial charge in [0.1, 0.15) is 5.82 Å². The van der Waals surface area contributed by atoms with Gasteiger partial charge in [-0.25, -0.2) is 4.98 Å². The van der Waals surface area contributed by atoms with Gasteiger partial charge < -0.3 is 0 Å². The number of imidazole rings is 1. The topological polar surface area (TPSA) is 17.8 Å². The summed E-state index contributed by atoms with van der Waals surface area (Å²) in [5.74, 6) is 0.928. The van der Waals surface area contributed by atoms with Crippen molar-refractivity contribution >= 4 is 64.9 Å². The van der Waals surface area contributed by atoms with Gasteiger partial charge in [0.2, 0.25) is 0 Å². The van der Waals surface area contributed by atoms with Crippen molar-refractivity contribution in [2.45, 2.75) is 6.92 Å². The summed E-state index contributed by atoms with van der Waals surface area (Å²) in [7, 11) is 0. The summed E-state index contributed by atoms with van der Waals surface area (Å²) in [6.07, 6.45) is 0. The maximum atomic E-state index is 5.21. The van der Waals surface area contributed by atoms with Gasteiger partial charge in [0.05, 0.1) is 11.0 Å². The summed E-state index contributed by atoms with van der Waals surface area (Å²) in [5.41, 5.74) is 13.0. The van der Waals surface area contributed by atoms with Crippen LogP contribution in [0.5, 0.6) is 0 Å². The lowest BCUT2D eigenvalue weighted by Crippen LogP contribution is -1.97. The predicted octanol–water partition coefficient (Wildman–Crippen LogP) is 15.8. The van der Waals surface area contributed by atoms with E-state index in [2.05, 4.69) is 224 Å². The lowest BCUT2D eigenvalue weighted by atomic mass is 9.85. The lowest BCUT2D eigenvalue weighted by Gasteiger charge is -2.19. The van der Waals surface area contributed by atoms with Gasteiger partial charge >= 0.3 is 0 Å². The van der Waals surface area contributed by atoms with Crippen LogP contribution in [0.25, 0.3) is 115 Å². The Morgan fingerprint density at radius 3 is 1.28 bits per heavy atom. The van der Waals surface area contributed by atoms with E-state index in [0.29, 0.717) is 0 Å². The number of fused-ring (bicyclic) bond motifs is 6. The van der Waals surface area contributed by atoms with Crippen molar-refractivity contribution in [3.63, 3.8) is 0 Å². The summed E-state index contributed by atoms with van der Waals surface area (Å²) < 4.78 is 2.28. The van der Waals surface area contributed by atoms with Crippen LogP contribution in [0.3, 0.4) is 0 Å². The van der Waals surface area contributed by atoms with Gasteiger partial charge in [-0.2, -0.15) is 0 Å². The summed E-state index contributed by atoms with van der Waals surface area (Å²) in [5, 5.41) is 12.6. The van der Waals surface area contributed by atoms with E-state index in [-0.39, 0.29) is 0 Å². The molecular formula is C58H38N2. The molecule has 0 atom stereocenters. The fourth-order valence-corrected chi connectivity index (χ4v) is 9.84. The fraction of sp³-hybridized carbons (Fsp3) is 0.0172. The van der Waals surface area contributed by atoms with Crippen molar-refractivity contribution in [3.05, 3.63) is 218 Å². The minimum Gasteiger partial charge on any atom is -0.292 e. The third-order valence-corrected chi connectivity index (χ3v) is 12.5. The molecule has 0 saturated heterocycles. The Balaban J connectivity index is 1.02. The Morgan fingerprint density at radius 1 is 0.333 bits per heavy atom. The van der Waals surface area contributed by atoms with Crippen LogP contribution < -0.4 is 0 Å². The standard InChI is InChI=1S/C58H38N2/c1-37-45-20-5-7-22-47(45)56(48-23-8-6-21-46(37)48)41-32-30-39-35-42(33-31-38(39)34-41)57-51-26-11-9-24-49(51)55(50-25-10-12-27-52(50)57)40-16-15-17-43(36-40)58-59-53-28-13-14-29-54(53)60(58)44-18-3-2-4-19-44/h2-36H,1H3. The number of benzene rings is 11. The van der Waals surface area contributed by atoms with Crippen LogP contribution >= 0.6 is 0 Å². The predicted molar refractivity (Wildman–Crippen MR) is 255 cm³/mol. The molecule has 1 aromatic heterocycles. The van der Waals surface area contributed by atoms with Gasteiger partial charge in [-0.15, -0.1) is 0 Å². The van der Waals surface area contributed by atoms with Crippen LogP contribution in [-0.4, -0.2) is 9.55 Å². The normalized spacial score (nSPS) is 11.8. The van der Waals surface area contributed by atoms with Crippen LogP contribution in [-0.2, 0) is 0 Å². The van der Waals surface area contributed by atoms with Gasteiger partial charge in [-0.05, 0) is 142 Å². The Hall–Kier alpha value is -7.81. The molecule has 12 aromatic rings. The summed E-state index contributed by atoms with van der Waals surface area (Å²) in [4.78, 5) is 5.21. The van der Waals surface area contributed by atoms with E-state index in [1.165, 1.54) is 92.8 Å². The monoisotopic (exact) mass is 762 g/mol. The molecule has 1 heterocycles. The molecule has 2 nitrogen and oxygen atoms in total. The van der Waals surface area contributed by atoms with E-state index < -0.39 is 0 Å². The summed E-state index contributed by atoms with van der Waals surface area (Å²) >= 11 is 0. The number of nitrogens with zero attached hydrogens (tertiary/aromatic N) is 2. The molecule has 11 aromatic carbocycles. The zero-order valence-corrected chi connectivity index (χ0v) is 33.1. The van der Waals surface area contributed by atoms with Crippen molar-refractivity contribution < 1.29 is 0 Å². The summed E-state index contributed by atoms with van der Waals surface area (Å²) in [6, 6.07) is 77.4. The number of para-hydroxylation sites is 3. The minimum absolute atomic E-state index is 0.928. The lowest BCUT2D eigenvalue weighted by molar-refractivity contribution is 1.10. The molecule has 0 saturated carbocycles. The Kier molecular flexibility index (Phi) is 7.79. The first kappa shape index (κ1) is 34.3. The van der Waals surface area contributed by atoms with E-state index >= 15 is 0 Å². The van der Waals surface area contributed by atoms with Crippen molar-refractivity contribution in [2.24, 2.45) is 0 Å². The summed E-state index contributed by atoms with van der Waals surface area (Å²) in [6.45, 7) is 2.25. The molecule has 0 amide bonds. The van der Waals surface area contributed by atoms with Crippen LogP contribution in [0.1, 0.15) is 5.56 Å². The molecule has 0 N–H and O–H groups in total. The minimum atomic E-state index is 0.928. The Morgan fingerprint density at radius 2 is 0.750 bits per heavy atom. The second-order valence-electron chi connectivity index (χ2n) is 15.9. The first-order chi connectivity index (χ1) is 29.7. The zero-order chi connectivity index (χ0) is 39.7. The highest BCUT2D eigenvalue weighted by molar-refractivity contribution is 6.22. The van der Waals surface area contributed by atoms with Crippen LogP contribution in [0.15, 0.2) is 212 Å². The molecule has 0 bridgehead atoms. The molecule has 0 aliphatic heterocycles. The van der Waals surface area contributed by atoms with E-state index in [4.69, 9.17) is 4.98 Å². The molecule has 60 heavy (non-hydrogen) atoms. The number of hydrogen-bond acceptors (Lipinski definition) is 1. The second-order valence-corrected chi connectivity index (χ2v) is 15.9. The molecule has 0 fully saturated rings.